The number of hydrogen-bond donors (Lipinski definition) is 1. The lowest BCUT2D eigenvalue weighted by atomic mass is 9.65. The van der Waals surface area contributed by atoms with Crippen LogP contribution in [0.4, 0.5) is 11.8 Å². The lowest BCUT2D eigenvalue weighted by Gasteiger charge is -2.45. The van der Waals surface area contributed by atoms with Crippen molar-refractivity contribution < 1.29 is 0 Å². The summed E-state index contributed by atoms with van der Waals surface area (Å²) < 4.78 is 0. The van der Waals surface area contributed by atoms with Crippen molar-refractivity contribution >= 4 is 11.8 Å². The summed E-state index contributed by atoms with van der Waals surface area (Å²) in [7, 11) is 0. The maximum atomic E-state index is 4.36. The number of aromatic nitrogens is 4. The van der Waals surface area contributed by atoms with Gasteiger partial charge in [-0.05, 0) is 37.7 Å². The highest BCUT2D eigenvalue weighted by Gasteiger charge is 2.49. The molecule has 1 saturated heterocycles. The van der Waals surface area contributed by atoms with E-state index in [2.05, 4.69) is 30.2 Å². The normalized spacial score (nSPS) is 27.0. The quantitative estimate of drug-likeness (QED) is 0.935. The molecule has 2 aromatic rings. The minimum Gasteiger partial charge on any atom is -0.367 e. The molecule has 2 fully saturated rings. The number of anilines is 2. The topological polar surface area (TPSA) is 66.8 Å². The van der Waals surface area contributed by atoms with Crippen molar-refractivity contribution in [2.24, 2.45) is 5.41 Å². The fourth-order valence-corrected chi connectivity index (χ4v) is 3.72. The van der Waals surface area contributed by atoms with Crippen molar-refractivity contribution in [1.29, 1.82) is 0 Å². The van der Waals surface area contributed by atoms with Gasteiger partial charge in [0.25, 0.3) is 0 Å². The highest BCUT2D eigenvalue weighted by Crippen LogP contribution is 2.49. The Morgan fingerprint density at radius 1 is 1.18 bits per heavy atom. The molecule has 0 unspecified atom stereocenters. The maximum Gasteiger partial charge on any atom is 0.225 e. The van der Waals surface area contributed by atoms with Crippen molar-refractivity contribution in [2.45, 2.75) is 32.2 Å². The molecule has 0 aromatic carbocycles. The van der Waals surface area contributed by atoms with E-state index in [1.165, 1.54) is 19.3 Å². The molecular formula is C16H20N6. The number of rotatable bonds is 3. The predicted octanol–water partition coefficient (Wildman–Crippen LogP) is 2.05. The van der Waals surface area contributed by atoms with Crippen LogP contribution in [0.3, 0.4) is 0 Å². The van der Waals surface area contributed by atoms with Crippen LogP contribution in [0.15, 0.2) is 30.9 Å². The molecule has 1 N–H and O–H groups in total. The van der Waals surface area contributed by atoms with Gasteiger partial charge >= 0.3 is 0 Å². The van der Waals surface area contributed by atoms with Crippen molar-refractivity contribution in [2.75, 3.05) is 23.3 Å². The van der Waals surface area contributed by atoms with Gasteiger partial charge in [0.05, 0.1) is 0 Å². The molecular weight excluding hydrogens is 276 g/mol. The fourth-order valence-electron chi connectivity index (χ4n) is 3.72. The van der Waals surface area contributed by atoms with Gasteiger partial charge in [0, 0.05) is 43.3 Å². The van der Waals surface area contributed by atoms with Crippen LogP contribution in [0.1, 0.15) is 25.0 Å². The third-order valence-corrected chi connectivity index (χ3v) is 4.79. The average Bonchev–Trinajstić information content (AvgIpc) is 2.93. The Morgan fingerprint density at radius 2 is 2.00 bits per heavy atom. The minimum absolute atomic E-state index is 0.430. The first-order valence-corrected chi connectivity index (χ1v) is 7.80. The van der Waals surface area contributed by atoms with E-state index in [1.807, 2.05) is 31.5 Å². The zero-order chi connectivity index (χ0) is 15.0. The first kappa shape index (κ1) is 13.4. The van der Waals surface area contributed by atoms with Gasteiger partial charge in [0.15, 0.2) is 0 Å². The number of nitrogens with zero attached hydrogens (tertiary/aromatic N) is 5. The van der Waals surface area contributed by atoms with E-state index >= 15 is 0 Å². The fraction of sp³-hybridized carbons (Fsp3) is 0.500. The summed E-state index contributed by atoms with van der Waals surface area (Å²) >= 11 is 0. The van der Waals surface area contributed by atoms with Gasteiger partial charge in [-0.2, -0.15) is 0 Å². The van der Waals surface area contributed by atoms with Crippen LogP contribution in [0, 0.1) is 12.3 Å². The van der Waals surface area contributed by atoms with E-state index in [1.54, 1.807) is 6.33 Å². The molecule has 2 aromatic heterocycles. The first-order chi connectivity index (χ1) is 10.7. The third-order valence-electron chi connectivity index (χ3n) is 4.79. The van der Waals surface area contributed by atoms with Crippen molar-refractivity contribution in [3.63, 3.8) is 0 Å². The largest absolute Gasteiger partial charge is 0.367 e. The monoisotopic (exact) mass is 296 g/mol. The Kier molecular flexibility index (Phi) is 3.17. The Labute approximate surface area is 130 Å². The summed E-state index contributed by atoms with van der Waals surface area (Å²) in [5.74, 6) is 1.80. The van der Waals surface area contributed by atoms with Gasteiger partial charge < -0.3 is 10.2 Å². The van der Waals surface area contributed by atoms with Gasteiger partial charge in [0.2, 0.25) is 5.95 Å². The number of aryl methyl sites for hydroxylation is 1. The van der Waals surface area contributed by atoms with E-state index in [0.29, 0.717) is 11.5 Å². The summed E-state index contributed by atoms with van der Waals surface area (Å²) in [6, 6.07) is 4.39. The van der Waals surface area contributed by atoms with Crippen molar-refractivity contribution in [1.82, 2.24) is 19.9 Å². The molecule has 2 aliphatic rings. The summed E-state index contributed by atoms with van der Waals surface area (Å²) in [6.07, 6.45) is 8.87. The lowest BCUT2D eigenvalue weighted by Crippen LogP contribution is -2.47. The highest BCUT2D eigenvalue weighted by molar-refractivity contribution is 5.38. The molecule has 0 atom stereocenters. The SMILES string of the molecule is Cc1cc(NC2CC3(CCN(c4ncccn4)C3)C2)ncn1. The molecule has 6 heteroatoms. The molecule has 4 rings (SSSR count). The highest BCUT2D eigenvalue weighted by atomic mass is 15.3. The van der Waals surface area contributed by atoms with Gasteiger partial charge in [0.1, 0.15) is 12.1 Å². The summed E-state index contributed by atoms with van der Waals surface area (Å²) in [5, 5.41) is 3.52. The van der Waals surface area contributed by atoms with Crippen LogP contribution in [0.5, 0.6) is 0 Å². The predicted molar refractivity (Wildman–Crippen MR) is 84.7 cm³/mol. The van der Waals surface area contributed by atoms with E-state index in [9.17, 15) is 0 Å². The van der Waals surface area contributed by atoms with E-state index in [4.69, 9.17) is 0 Å². The van der Waals surface area contributed by atoms with E-state index in [0.717, 1.165) is 30.5 Å². The lowest BCUT2D eigenvalue weighted by molar-refractivity contribution is 0.144. The van der Waals surface area contributed by atoms with E-state index < -0.39 is 0 Å². The summed E-state index contributed by atoms with van der Waals surface area (Å²) in [4.78, 5) is 19.5. The second kappa shape index (κ2) is 5.19. The van der Waals surface area contributed by atoms with Crippen LogP contribution >= 0.6 is 0 Å². The minimum atomic E-state index is 0.430. The molecule has 1 aliphatic carbocycles. The van der Waals surface area contributed by atoms with Crippen molar-refractivity contribution in [3.8, 4) is 0 Å². The molecule has 114 valence electrons. The van der Waals surface area contributed by atoms with Gasteiger partial charge in [-0.3, -0.25) is 0 Å². The van der Waals surface area contributed by atoms with Gasteiger partial charge in [-0.1, -0.05) is 0 Å². The molecule has 1 spiro atoms. The van der Waals surface area contributed by atoms with Crippen LogP contribution in [0.25, 0.3) is 0 Å². The molecule has 22 heavy (non-hydrogen) atoms. The van der Waals surface area contributed by atoms with Gasteiger partial charge in [-0.15, -0.1) is 0 Å². The third kappa shape index (κ3) is 2.49. The zero-order valence-corrected chi connectivity index (χ0v) is 12.7. The molecule has 1 saturated carbocycles. The average molecular weight is 296 g/mol. The molecule has 0 radical (unpaired) electrons. The van der Waals surface area contributed by atoms with Crippen molar-refractivity contribution in [3.05, 3.63) is 36.5 Å². The summed E-state index contributed by atoms with van der Waals surface area (Å²) in [6.45, 7) is 4.12. The molecule has 0 bridgehead atoms. The van der Waals surface area contributed by atoms with E-state index in [-0.39, 0.29) is 0 Å². The van der Waals surface area contributed by atoms with Crippen LogP contribution < -0.4 is 10.2 Å². The van der Waals surface area contributed by atoms with Crippen LogP contribution in [0.2, 0.25) is 0 Å². The molecule has 3 heterocycles. The van der Waals surface area contributed by atoms with Gasteiger partial charge in [-0.25, -0.2) is 19.9 Å². The zero-order valence-electron chi connectivity index (χ0n) is 12.7. The molecule has 1 aliphatic heterocycles. The molecule has 0 amide bonds. The second-order valence-electron chi connectivity index (χ2n) is 6.51. The maximum absolute atomic E-state index is 4.36. The van der Waals surface area contributed by atoms with Crippen LogP contribution in [-0.4, -0.2) is 39.1 Å². The Morgan fingerprint density at radius 3 is 2.77 bits per heavy atom. The number of hydrogen-bond acceptors (Lipinski definition) is 6. The van der Waals surface area contributed by atoms with Crippen LogP contribution in [-0.2, 0) is 0 Å². The standard InChI is InChI=1S/C16H20N6/c1-12-7-14(20-11-19-12)21-13-8-16(9-13)3-6-22(10-16)15-17-4-2-5-18-15/h2,4-5,7,11,13H,3,6,8-10H2,1H3,(H,19,20,21). The number of nitrogens with one attached hydrogen (secondary N) is 1. The second-order valence-corrected chi connectivity index (χ2v) is 6.51. The Hall–Kier alpha value is -2.24. The first-order valence-electron chi connectivity index (χ1n) is 7.80. The molecule has 6 nitrogen and oxygen atoms in total. The smallest absolute Gasteiger partial charge is 0.225 e. The Bertz CT molecular complexity index is 653. The Balaban J connectivity index is 1.35. The summed E-state index contributed by atoms with van der Waals surface area (Å²) in [5.41, 5.74) is 1.43.